The minimum Gasteiger partial charge on any atom is -0.339 e. The lowest BCUT2D eigenvalue weighted by molar-refractivity contribution is -0.130. The number of carbonyl (C=O) groups is 3. The zero-order chi connectivity index (χ0) is 26.6. The van der Waals surface area contributed by atoms with E-state index in [-0.39, 0.29) is 19.0 Å². The first kappa shape index (κ1) is 27.1. The molecule has 0 spiro atoms. The number of nitrogens with two attached hydrogens (primary N) is 1. The number of rotatable bonds is 9. The molecule has 9 nitrogen and oxygen atoms in total. The van der Waals surface area contributed by atoms with E-state index in [1.165, 1.54) is 11.0 Å². The van der Waals surface area contributed by atoms with Gasteiger partial charge in [0.2, 0.25) is 5.91 Å². The molecule has 0 aliphatic carbocycles. The fourth-order valence-corrected chi connectivity index (χ4v) is 3.36. The Balaban J connectivity index is 1.50. The minimum atomic E-state index is -1.04. The van der Waals surface area contributed by atoms with Gasteiger partial charge < -0.3 is 21.7 Å². The quantitative estimate of drug-likeness (QED) is 0.150. The molecule has 3 amide bonds. The summed E-state index contributed by atoms with van der Waals surface area (Å²) >= 11 is 0. The summed E-state index contributed by atoms with van der Waals surface area (Å²) in [7, 11) is 0. The van der Waals surface area contributed by atoms with E-state index in [1.54, 1.807) is 36.4 Å². The van der Waals surface area contributed by atoms with Gasteiger partial charge in [-0.25, -0.2) is 5.48 Å². The van der Waals surface area contributed by atoms with Crippen molar-refractivity contribution in [2.75, 3.05) is 18.4 Å². The van der Waals surface area contributed by atoms with Gasteiger partial charge in [0.15, 0.2) is 0 Å². The lowest BCUT2D eigenvalue weighted by Gasteiger charge is -2.14. The average molecular weight is 500 g/mol. The van der Waals surface area contributed by atoms with E-state index < -0.39 is 17.9 Å². The van der Waals surface area contributed by atoms with Crippen molar-refractivity contribution in [1.29, 1.82) is 0 Å². The summed E-state index contributed by atoms with van der Waals surface area (Å²) in [5, 5.41) is 17.1. The molecular weight excluding hydrogens is 470 g/mol. The number of benzene rings is 3. The highest BCUT2D eigenvalue weighted by atomic mass is 16.5. The SMILES string of the molecule is Cc1ccccc1CNCC(=O)Nc1ccc(C#Cc2ccc(C(=O)N[C@@H](CN)C(=O)NO)cc2)cc1. The number of anilines is 1. The number of nitrogens with one attached hydrogen (secondary N) is 4. The van der Waals surface area contributed by atoms with Crippen LogP contribution in [-0.2, 0) is 16.1 Å². The first-order valence-corrected chi connectivity index (χ1v) is 11.6. The van der Waals surface area contributed by atoms with Crippen LogP contribution in [0.1, 0.15) is 32.6 Å². The van der Waals surface area contributed by atoms with Crippen LogP contribution in [0.2, 0.25) is 0 Å². The monoisotopic (exact) mass is 499 g/mol. The Hall–Kier alpha value is -4.49. The summed E-state index contributed by atoms with van der Waals surface area (Å²) in [6, 6.07) is 20.7. The summed E-state index contributed by atoms with van der Waals surface area (Å²) in [6.07, 6.45) is 0. The third-order valence-electron chi connectivity index (χ3n) is 5.50. The molecule has 9 heteroatoms. The second-order valence-corrected chi connectivity index (χ2v) is 8.22. The van der Waals surface area contributed by atoms with Crippen LogP contribution in [-0.4, -0.2) is 42.1 Å². The first-order valence-electron chi connectivity index (χ1n) is 11.6. The zero-order valence-corrected chi connectivity index (χ0v) is 20.4. The van der Waals surface area contributed by atoms with Gasteiger partial charge in [0, 0.05) is 35.5 Å². The molecule has 0 radical (unpaired) electrons. The molecule has 3 aromatic carbocycles. The highest BCUT2D eigenvalue weighted by molar-refractivity contribution is 5.97. The third kappa shape index (κ3) is 8.30. The van der Waals surface area contributed by atoms with E-state index in [9.17, 15) is 14.4 Å². The molecular formula is C28H29N5O4. The van der Waals surface area contributed by atoms with Gasteiger partial charge in [0.25, 0.3) is 11.8 Å². The molecule has 0 bridgehead atoms. The standard InChI is InChI=1S/C28H29N5O4/c1-19-4-2-3-5-23(19)17-30-18-26(34)31-24-14-10-21(11-15-24)7-6-20-8-12-22(13-9-20)27(35)32-25(16-29)28(36)33-37/h2-5,8-15,25,30,37H,16-18,29H2,1H3,(H,31,34)(H,32,35)(H,33,36)/t25-/m0/s1. The fraction of sp³-hybridized carbons (Fsp3) is 0.179. The van der Waals surface area contributed by atoms with E-state index in [1.807, 2.05) is 43.3 Å². The Kier molecular flexibility index (Phi) is 9.93. The number of carbonyl (C=O) groups excluding carboxylic acids is 3. The summed E-state index contributed by atoms with van der Waals surface area (Å²) in [5.74, 6) is 4.63. The van der Waals surface area contributed by atoms with Crippen molar-refractivity contribution < 1.29 is 19.6 Å². The maximum atomic E-state index is 12.3. The maximum Gasteiger partial charge on any atom is 0.267 e. The van der Waals surface area contributed by atoms with Crippen LogP contribution in [0.4, 0.5) is 5.69 Å². The van der Waals surface area contributed by atoms with Crippen LogP contribution in [0.5, 0.6) is 0 Å². The fourth-order valence-electron chi connectivity index (χ4n) is 3.36. The molecule has 37 heavy (non-hydrogen) atoms. The molecule has 0 saturated carbocycles. The molecule has 0 aromatic heterocycles. The van der Waals surface area contributed by atoms with Crippen molar-refractivity contribution in [3.8, 4) is 11.8 Å². The van der Waals surface area contributed by atoms with Crippen LogP contribution in [0.3, 0.4) is 0 Å². The van der Waals surface area contributed by atoms with Crippen LogP contribution in [0, 0.1) is 18.8 Å². The molecule has 0 fully saturated rings. The summed E-state index contributed by atoms with van der Waals surface area (Å²) in [6.45, 7) is 2.70. The van der Waals surface area contributed by atoms with Gasteiger partial charge in [-0.3, -0.25) is 19.6 Å². The van der Waals surface area contributed by atoms with E-state index in [0.717, 1.165) is 11.1 Å². The Morgan fingerprint density at radius 2 is 1.54 bits per heavy atom. The Labute approximate surface area is 215 Å². The van der Waals surface area contributed by atoms with Gasteiger partial charge in [-0.15, -0.1) is 0 Å². The van der Waals surface area contributed by atoms with Crippen molar-refractivity contribution in [3.63, 3.8) is 0 Å². The van der Waals surface area contributed by atoms with Gasteiger partial charge in [0.1, 0.15) is 6.04 Å². The number of aryl methyl sites for hydroxylation is 1. The highest BCUT2D eigenvalue weighted by Gasteiger charge is 2.19. The second kappa shape index (κ2) is 13.6. The summed E-state index contributed by atoms with van der Waals surface area (Å²) < 4.78 is 0. The topological polar surface area (TPSA) is 146 Å². The van der Waals surface area contributed by atoms with Gasteiger partial charge in [-0.2, -0.15) is 0 Å². The average Bonchev–Trinajstić information content (AvgIpc) is 2.92. The Morgan fingerprint density at radius 3 is 2.14 bits per heavy atom. The first-order chi connectivity index (χ1) is 17.9. The highest BCUT2D eigenvalue weighted by Crippen LogP contribution is 2.10. The third-order valence-corrected chi connectivity index (χ3v) is 5.50. The van der Waals surface area contributed by atoms with Gasteiger partial charge in [-0.1, -0.05) is 36.1 Å². The molecule has 0 heterocycles. The predicted octanol–water partition coefficient (Wildman–Crippen LogP) is 1.69. The van der Waals surface area contributed by atoms with E-state index in [4.69, 9.17) is 10.9 Å². The lowest BCUT2D eigenvalue weighted by Crippen LogP contribution is -2.50. The van der Waals surface area contributed by atoms with E-state index in [2.05, 4.69) is 27.8 Å². The molecule has 3 rings (SSSR count). The zero-order valence-electron chi connectivity index (χ0n) is 20.4. The van der Waals surface area contributed by atoms with Crippen molar-refractivity contribution in [2.45, 2.75) is 19.5 Å². The minimum absolute atomic E-state index is 0.133. The summed E-state index contributed by atoms with van der Waals surface area (Å²) in [5.41, 5.74) is 11.7. The normalized spacial score (nSPS) is 11.0. The van der Waals surface area contributed by atoms with Gasteiger partial charge >= 0.3 is 0 Å². The Morgan fingerprint density at radius 1 is 0.919 bits per heavy atom. The molecule has 0 saturated heterocycles. The molecule has 3 aromatic rings. The molecule has 190 valence electrons. The maximum absolute atomic E-state index is 12.3. The van der Waals surface area contributed by atoms with Gasteiger partial charge in [0.05, 0.1) is 6.54 Å². The van der Waals surface area contributed by atoms with Crippen LogP contribution in [0.25, 0.3) is 0 Å². The Bertz CT molecular complexity index is 1290. The molecule has 0 aliphatic rings. The summed E-state index contributed by atoms with van der Waals surface area (Å²) in [4.78, 5) is 35.9. The van der Waals surface area contributed by atoms with Crippen molar-refractivity contribution >= 4 is 23.4 Å². The number of hydrogen-bond acceptors (Lipinski definition) is 6. The molecule has 0 unspecified atom stereocenters. The van der Waals surface area contributed by atoms with Crippen LogP contribution < -0.4 is 27.2 Å². The smallest absolute Gasteiger partial charge is 0.267 e. The van der Waals surface area contributed by atoms with E-state index >= 15 is 0 Å². The number of hydrogen-bond donors (Lipinski definition) is 6. The second-order valence-electron chi connectivity index (χ2n) is 8.22. The molecule has 1 atom stereocenters. The number of amides is 3. The largest absolute Gasteiger partial charge is 0.339 e. The van der Waals surface area contributed by atoms with E-state index in [0.29, 0.717) is 23.4 Å². The van der Waals surface area contributed by atoms with Crippen molar-refractivity contribution in [2.24, 2.45) is 5.73 Å². The van der Waals surface area contributed by atoms with Crippen LogP contribution in [0.15, 0.2) is 72.8 Å². The molecule has 0 aliphatic heterocycles. The number of hydroxylamine groups is 1. The van der Waals surface area contributed by atoms with Crippen molar-refractivity contribution in [1.82, 2.24) is 16.1 Å². The lowest BCUT2D eigenvalue weighted by atomic mass is 10.1. The van der Waals surface area contributed by atoms with Crippen LogP contribution >= 0.6 is 0 Å². The van der Waals surface area contributed by atoms with Crippen molar-refractivity contribution in [3.05, 3.63) is 101 Å². The predicted molar refractivity (Wildman–Crippen MR) is 141 cm³/mol. The van der Waals surface area contributed by atoms with Gasteiger partial charge in [-0.05, 0) is 66.6 Å². The molecule has 7 N–H and O–H groups in total.